The fraction of sp³-hybridized carbons (Fsp3) is 0.611. The maximum Gasteiger partial charge on any atom is 0.322 e. The zero-order chi connectivity index (χ0) is 17.9. The molecule has 0 bridgehead atoms. The van der Waals surface area contributed by atoms with Gasteiger partial charge in [-0.05, 0) is 31.9 Å². The molecule has 1 aromatic rings. The van der Waals surface area contributed by atoms with E-state index in [2.05, 4.69) is 5.32 Å². The Bertz CT molecular complexity index is 708. The lowest BCUT2D eigenvalue weighted by Crippen LogP contribution is -2.59. The Morgan fingerprint density at radius 3 is 2.52 bits per heavy atom. The molecule has 0 unspecified atom stereocenters. The maximum absolute atomic E-state index is 12.7. The summed E-state index contributed by atoms with van der Waals surface area (Å²) >= 11 is 0. The molecule has 0 aromatic heterocycles. The summed E-state index contributed by atoms with van der Waals surface area (Å²) in [6.07, 6.45) is 4.66. The minimum atomic E-state index is -3.13. The fourth-order valence-corrected chi connectivity index (χ4v) is 5.83. The highest BCUT2D eigenvalue weighted by Crippen LogP contribution is 2.30. The molecule has 0 spiro atoms. The molecule has 2 fully saturated rings. The number of para-hydroxylation sites is 2. The van der Waals surface area contributed by atoms with E-state index in [1.807, 2.05) is 19.1 Å². The molecule has 1 heterocycles. The number of likely N-dealkylation sites (tertiary alicyclic amines) is 1. The molecule has 2 amide bonds. The van der Waals surface area contributed by atoms with Crippen LogP contribution >= 0.6 is 0 Å². The molecule has 7 heteroatoms. The van der Waals surface area contributed by atoms with Gasteiger partial charge in [0.05, 0.1) is 22.8 Å². The van der Waals surface area contributed by atoms with Gasteiger partial charge in [0, 0.05) is 13.1 Å². The predicted molar refractivity (Wildman–Crippen MR) is 97.8 cm³/mol. The van der Waals surface area contributed by atoms with E-state index in [1.54, 1.807) is 17.0 Å². The standard InChI is InChI=1S/C18H26N2O4S/c1-2-24-17-11-7-6-10-16(17)19-18(21)20-12-15(13-20)25(22,23)14-8-4-3-5-9-14/h6-7,10-11,14-15H,2-5,8-9,12-13H2,1H3,(H,19,21). The van der Waals surface area contributed by atoms with Gasteiger partial charge in [-0.2, -0.15) is 0 Å². The van der Waals surface area contributed by atoms with Crippen molar-refractivity contribution in [1.82, 2.24) is 4.90 Å². The van der Waals surface area contributed by atoms with Crippen molar-refractivity contribution in [3.05, 3.63) is 24.3 Å². The smallest absolute Gasteiger partial charge is 0.322 e. The van der Waals surface area contributed by atoms with Crippen LogP contribution in [-0.2, 0) is 9.84 Å². The van der Waals surface area contributed by atoms with Crippen LogP contribution in [0.5, 0.6) is 5.75 Å². The highest BCUT2D eigenvalue weighted by molar-refractivity contribution is 7.92. The van der Waals surface area contributed by atoms with Crippen LogP contribution in [0, 0.1) is 0 Å². The summed E-state index contributed by atoms with van der Waals surface area (Å²) in [5, 5.41) is 2.19. The predicted octanol–water partition coefficient (Wildman–Crippen LogP) is 3.05. The minimum absolute atomic E-state index is 0.213. The van der Waals surface area contributed by atoms with Crippen molar-refractivity contribution in [2.45, 2.75) is 49.5 Å². The molecule has 1 aliphatic carbocycles. The number of rotatable bonds is 5. The van der Waals surface area contributed by atoms with E-state index in [1.165, 1.54) is 0 Å². The van der Waals surface area contributed by atoms with E-state index in [0.29, 0.717) is 18.0 Å². The fourth-order valence-electron chi connectivity index (χ4n) is 3.52. The Balaban J connectivity index is 1.56. The lowest BCUT2D eigenvalue weighted by Gasteiger charge is -2.40. The average Bonchev–Trinajstić information content (AvgIpc) is 2.56. The summed E-state index contributed by atoms with van der Waals surface area (Å²) in [6.45, 7) is 2.95. The second kappa shape index (κ2) is 7.64. The van der Waals surface area contributed by atoms with Gasteiger partial charge in [0.1, 0.15) is 5.75 Å². The van der Waals surface area contributed by atoms with Crippen molar-refractivity contribution < 1.29 is 17.9 Å². The summed E-state index contributed by atoms with van der Waals surface area (Å²) in [7, 11) is -3.13. The highest BCUT2D eigenvalue weighted by Gasteiger charge is 2.43. The number of hydrogen-bond donors (Lipinski definition) is 1. The van der Waals surface area contributed by atoms with Crippen LogP contribution in [0.3, 0.4) is 0 Å². The van der Waals surface area contributed by atoms with E-state index in [0.717, 1.165) is 32.1 Å². The second-order valence-electron chi connectivity index (χ2n) is 6.74. The van der Waals surface area contributed by atoms with E-state index in [9.17, 15) is 13.2 Å². The van der Waals surface area contributed by atoms with Crippen LogP contribution in [0.1, 0.15) is 39.0 Å². The van der Waals surface area contributed by atoms with Gasteiger partial charge < -0.3 is 15.0 Å². The van der Waals surface area contributed by atoms with Gasteiger partial charge in [0.15, 0.2) is 9.84 Å². The van der Waals surface area contributed by atoms with Gasteiger partial charge in [-0.15, -0.1) is 0 Å². The first-order valence-electron chi connectivity index (χ1n) is 9.03. The summed E-state index contributed by atoms with van der Waals surface area (Å²) < 4.78 is 30.8. The van der Waals surface area contributed by atoms with Crippen LogP contribution in [0.4, 0.5) is 10.5 Å². The molecule has 0 atom stereocenters. The topological polar surface area (TPSA) is 75.7 Å². The average molecular weight is 366 g/mol. The SMILES string of the molecule is CCOc1ccccc1NC(=O)N1CC(S(=O)(=O)C2CCCCC2)C1. The van der Waals surface area contributed by atoms with Crippen molar-refractivity contribution in [1.29, 1.82) is 0 Å². The number of nitrogens with zero attached hydrogens (tertiary/aromatic N) is 1. The lowest BCUT2D eigenvalue weighted by atomic mass is 10.0. The Labute approximate surface area is 149 Å². The minimum Gasteiger partial charge on any atom is -0.492 e. The monoisotopic (exact) mass is 366 g/mol. The normalized spacial score (nSPS) is 19.3. The zero-order valence-electron chi connectivity index (χ0n) is 14.6. The van der Waals surface area contributed by atoms with E-state index in [-0.39, 0.29) is 24.4 Å². The molecule has 25 heavy (non-hydrogen) atoms. The molecule has 1 aromatic carbocycles. The van der Waals surface area contributed by atoms with Gasteiger partial charge in [0.2, 0.25) is 0 Å². The largest absolute Gasteiger partial charge is 0.492 e. The zero-order valence-corrected chi connectivity index (χ0v) is 15.4. The summed E-state index contributed by atoms with van der Waals surface area (Å²) in [5.41, 5.74) is 0.605. The van der Waals surface area contributed by atoms with Crippen LogP contribution in [0.2, 0.25) is 0 Å². The first-order valence-corrected chi connectivity index (χ1v) is 10.6. The van der Waals surface area contributed by atoms with Crippen molar-refractivity contribution in [3.63, 3.8) is 0 Å². The van der Waals surface area contributed by atoms with Crippen molar-refractivity contribution in [3.8, 4) is 5.75 Å². The van der Waals surface area contributed by atoms with E-state index in [4.69, 9.17) is 4.74 Å². The molecule has 6 nitrogen and oxygen atoms in total. The Kier molecular flexibility index (Phi) is 5.51. The number of carbonyl (C=O) groups is 1. The van der Waals surface area contributed by atoms with Gasteiger partial charge >= 0.3 is 6.03 Å². The maximum atomic E-state index is 12.7. The number of carbonyl (C=O) groups excluding carboxylic acids is 1. The highest BCUT2D eigenvalue weighted by atomic mass is 32.2. The number of benzene rings is 1. The Morgan fingerprint density at radius 2 is 1.84 bits per heavy atom. The lowest BCUT2D eigenvalue weighted by molar-refractivity contribution is 0.182. The first kappa shape index (κ1) is 18.0. The molecular weight excluding hydrogens is 340 g/mol. The molecule has 1 aliphatic heterocycles. The van der Waals surface area contributed by atoms with Crippen molar-refractivity contribution >= 4 is 21.6 Å². The van der Waals surface area contributed by atoms with E-state index >= 15 is 0 Å². The van der Waals surface area contributed by atoms with Crippen LogP contribution in [0.15, 0.2) is 24.3 Å². The molecule has 2 aliphatic rings. The van der Waals surface area contributed by atoms with E-state index < -0.39 is 15.1 Å². The third kappa shape index (κ3) is 3.92. The molecule has 138 valence electrons. The van der Waals surface area contributed by atoms with Crippen molar-refractivity contribution in [2.24, 2.45) is 0 Å². The van der Waals surface area contributed by atoms with Gasteiger partial charge in [-0.3, -0.25) is 0 Å². The number of anilines is 1. The first-order chi connectivity index (χ1) is 12.0. The summed E-state index contributed by atoms with van der Waals surface area (Å²) in [4.78, 5) is 13.9. The second-order valence-corrected chi connectivity index (χ2v) is 9.25. The summed E-state index contributed by atoms with van der Waals surface area (Å²) in [6, 6.07) is 6.97. The Morgan fingerprint density at radius 1 is 1.16 bits per heavy atom. The van der Waals surface area contributed by atoms with Gasteiger partial charge in [-0.25, -0.2) is 13.2 Å². The number of ether oxygens (including phenoxy) is 1. The van der Waals surface area contributed by atoms with Crippen LogP contribution < -0.4 is 10.1 Å². The Hall–Kier alpha value is -1.76. The molecule has 1 N–H and O–H groups in total. The molecule has 1 saturated carbocycles. The van der Waals surface area contributed by atoms with Crippen LogP contribution in [0.25, 0.3) is 0 Å². The molecular formula is C18H26N2O4S. The van der Waals surface area contributed by atoms with Crippen LogP contribution in [-0.4, -0.2) is 49.5 Å². The third-order valence-corrected chi connectivity index (χ3v) is 7.67. The third-order valence-electron chi connectivity index (χ3n) is 5.05. The van der Waals surface area contributed by atoms with Crippen molar-refractivity contribution in [2.75, 3.05) is 25.0 Å². The molecule has 0 radical (unpaired) electrons. The van der Waals surface area contributed by atoms with Gasteiger partial charge in [0.25, 0.3) is 0 Å². The number of nitrogens with one attached hydrogen (secondary N) is 1. The number of sulfone groups is 1. The number of urea groups is 1. The summed E-state index contributed by atoms with van der Waals surface area (Å²) in [5.74, 6) is 0.616. The quantitative estimate of drug-likeness (QED) is 0.869. The molecule has 1 saturated heterocycles. The number of amides is 2. The van der Waals surface area contributed by atoms with Gasteiger partial charge in [-0.1, -0.05) is 31.4 Å². The number of hydrogen-bond acceptors (Lipinski definition) is 4. The molecule has 3 rings (SSSR count).